The van der Waals surface area contributed by atoms with E-state index >= 15 is 0 Å². The molecule has 0 heterocycles. The molecule has 92 valence electrons. The van der Waals surface area contributed by atoms with E-state index in [4.69, 9.17) is 0 Å². The number of ketones is 1. The van der Waals surface area contributed by atoms with Crippen LogP contribution >= 0.6 is 15.9 Å². The van der Waals surface area contributed by atoms with Crippen LogP contribution in [0.4, 0.5) is 4.39 Å². The maximum absolute atomic E-state index is 13.7. The molecular weight excluding hydrogens is 295 g/mol. The summed E-state index contributed by atoms with van der Waals surface area (Å²) in [5.74, 6) is -0.779. The predicted octanol–water partition coefficient (Wildman–Crippen LogP) is 4.44. The lowest BCUT2D eigenvalue weighted by molar-refractivity contribution is 0.103. The molecule has 0 aliphatic carbocycles. The summed E-state index contributed by atoms with van der Waals surface area (Å²) in [4.78, 5) is 12.3. The average molecular weight is 307 g/mol. The van der Waals surface area contributed by atoms with Crippen LogP contribution in [0.5, 0.6) is 0 Å². The number of hydrogen-bond donors (Lipinski definition) is 0. The van der Waals surface area contributed by atoms with E-state index in [-0.39, 0.29) is 11.3 Å². The number of halogens is 2. The third-order valence-corrected chi connectivity index (χ3v) is 3.52. The van der Waals surface area contributed by atoms with Gasteiger partial charge in [0.1, 0.15) is 5.82 Å². The maximum atomic E-state index is 13.7. The Morgan fingerprint density at radius 2 is 1.83 bits per heavy atom. The minimum Gasteiger partial charge on any atom is -0.288 e. The highest BCUT2D eigenvalue weighted by Gasteiger charge is 2.16. The van der Waals surface area contributed by atoms with Crippen LogP contribution in [-0.2, 0) is 0 Å². The average Bonchev–Trinajstić information content (AvgIpc) is 2.35. The van der Waals surface area contributed by atoms with Gasteiger partial charge in [0, 0.05) is 10.0 Å². The van der Waals surface area contributed by atoms with Crippen LogP contribution < -0.4 is 0 Å². The molecule has 0 unspecified atom stereocenters. The summed E-state index contributed by atoms with van der Waals surface area (Å²) in [6.07, 6.45) is 0. The van der Waals surface area contributed by atoms with E-state index in [2.05, 4.69) is 15.9 Å². The third-order valence-electron chi connectivity index (χ3n) is 3.02. The molecule has 2 aromatic carbocycles. The van der Waals surface area contributed by atoms with E-state index in [1.807, 2.05) is 26.0 Å². The maximum Gasteiger partial charge on any atom is 0.196 e. The number of carbonyl (C=O) groups excluding carboxylic acids is 1. The van der Waals surface area contributed by atoms with Gasteiger partial charge in [-0.2, -0.15) is 0 Å². The molecule has 0 saturated carbocycles. The lowest BCUT2D eigenvalue weighted by Crippen LogP contribution is -2.07. The van der Waals surface area contributed by atoms with E-state index in [1.165, 1.54) is 12.1 Å². The van der Waals surface area contributed by atoms with Gasteiger partial charge < -0.3 is 0 Å². The van der Waals surface area contributed by atoms with Crippen molar-refractivity contribution >= 4 is 21.7 Å². The van der Waals surface area contributed by atoms with Gasteiger partial charge in [0.15, 0.2) is 5.78 Å². The first-order valence-electron chi connectivity index (χ1n) is 5.56. The minimum atomic E-state index is -0.496. The van der Waals surface area contributed by atoms with Crippen LogP contribution in [0.15, 0.2) is 40.9 Å². The normalized spacial score (nSPS) is 10.4. The monoisotopic (exact) mass is 306 g/mol. The fourth-order valence-corrected chi connectivity index (χ4v) is 2.17. The van der Waals surface area contributed by atoms with E-state index < -0.39 is 5.82 Å². The molecule has 3 heteroatoms. The van der Waals surface area contributed by atoms with Crippen molar-refractivity contribution in [1.29, 1.82) is 0 Å². The molecule has 0 amide bonds. The quantitative estimate of drug-likeness (QED) is 0.750. The van der Waals surface area contributed by atoms with Crippen molar-refractivity contribution in [2.75, 3.05) is 0 Å². The zero-order valence-corrected chi connectivity index (χ0v) is 11.7. The van der Waals surface area contributed by atoms with Gasteiger partial charge >= 0.3 is 0 Å². The molecular formula is C15H12BrFO. The van der Waals surface area contributed by atoms with Gasteiger partial charge in [0.05, 0.1) is 5.56 Å². The summed E-state index contributed by atoms with van der Waals surface area (Å²) in [6.45, 7) is 3.81. The zero-order valence-electron chi connectivity index (χ0n) is 10.1. The Bertz CT molecular complexity index is 616. The first-order valence-corrected chi connectivity index (χ1v) is 6.36. The molecule has 2 aromatic rings. The SMILES string of the molecule is Cc1cccc(C(=O)c2cc(Br)ccc2F)c1C. The van der Waals surface area contributed by atoms with Crippen molar-refractivity contribution in [3.8, 4) is 0 Å². The largest absolute Gasteiger partial charge is 0.288 e. The molecule has 0 saturated heterocycles. The minimum absolute atomic E-state index is 0.0954. The standard InChI is InChI=1S/C15H12BrFO/c1-9-4-3-5-12(10(9)2)15(18)13-8-11(16)6-7-14(13)17/h3-8H,1-2H3. The molecule has 1 nitrogen and oxygen atoms in total. The number of aryl methyl sites for hydroxylation is 1. The van der Waals surface area contributed by atoms with E-state index in [0.29, 0.717) is 10.0 Å². The Balaban J connectivity index is 2.55. The summed E-state index contributed by atoms with van der Waals surface area (Å²) in [7, 11) is 0. The molecule has 18 heavy (non-hydrogen) atoms. The van der Waals surface area contributed by atoms with E-state index in [1.54, 1.807) is 12.1 Å². The summed E-state index contributed by atoms with van der Waals surface area (Å²) in [5, 5.41) is 0. The van der Waals surface area contributed by atoms with Crippen LogP contribution in [0.1, 0.15) is 27.0 Å². The van der Waals surface area contributed by atoms with Crippen molar-refractivity contribution in [1.82, 2.24) is 0 Å². The van der Waals surface area contributed by atoms with Crippen molar-refractivity contribution in [3.63, 3.8) is 0 Å². The van der Waals surface area contributed by atoms with Gasteiger partial charge in [0.2, 0.25) is 0 Å². The predicted molar refractivity (Wildman–Crippen MR) is 73.4 cm³/mol. The topological polar surface area (TPSA) is 17.1 Å². The van der Waals surface area contributed by atoms with Crippen LogP contribution in [0.25, 0.3) is 0 Å². The second-order valence-corrected chi connectivity index (χ2v) is 5.12. The van der Waals surface area contributed by atoms with Crippen LogP contribution in [-0.4, -0.2) is 5.78 Å². The first kappa shape index (κ1) is 13.0. The molecule has 0 fully saturated rings. The van der Waals surface area contributed by atoms with Gasteiger partial charge in [-0.1, -0.05) is 34.1 Å². The second-order valence-electron chi connectivity index (χ2n) is 4.20. The highest BCUT2D eigenvalue weighted by atomic mass is 79.9. The Morgan fingerprint density at radius 1 is 1.11 bits per heavy atom. The van der Waals surface area contributed by atoms with Crippen molar-refractivity contribution in [2.24, 2.45) is 0 Å². The number of benzene rings is 2. The summed E-state index contributed by atoms with van der Waals surface area (Å²) < 4.78 is 14.4. The molecule has 0 aliphatic heterocycles. The van der Waals surface area contributed by atoms with Gasteiger partial charge in [-0.15, -0.1) is 0 Å². The molecule has 0 N–H and O–H groups in total. The number of rotatable bonds is 2. The molecule has 0 atom stereocenters. The summed E-state index contributed by atoms with van der Waals surface area (Å²) in [5.41, 5.74) is 2.56. The van der Waals surface area contributed by atoms with Crippen molar-refractivity contribution in [3.05, 3.63) is 68.9 Å². The fraction of sp³-hybridized carbons (Fsp3) is 0.133. The van der Waals surface area contributed by atoms with E-state index in [9.17, 15) is 9.18 Å². The van der Waals surface area contributed by atoms with Crippen LogP contribution in [0.3, 0.4) is 0 Å². The number of carbonyl (C=O) groups is 1. The second kappa shape index (κ2) is 5.02. The van der Waals surface area contributed by atoms with Crippen LogP contribution in [0.2, 0.25) is 0 Å². The lowest BCUT2D eigenvalue weighted by atomic mass is 9.96. The summed E-state index contributed by atoms with van der Waals surface area (Å²) in [6, 6.07) is 9.86. The molecule has 0 aliphatic rings. The Labute approximate surface area is 114 Å². The van der Waals surface area contributed by atoms with Gasteiger partial charge in [-0.3, -0.25) is 4.79 Å². The molecule has 2 rings (SSSR count). The smallest absolute Gasteiger partial charge is 0.196 e. The molecule has 0 radical (unpaired) electrons. The molecule has 0 aromatic heterocycles. The zero-order chi connectivity index (χ0) is 13.3. The van der Waals surface area contributed by atoms with E-state index in [0.717, 1.165) is 11.1 Å². The summed E-state index contributed by atoms with van der Waals surface area (Å²) >= 11 is 3.25. The van der Waals surface area contributed by atoms with Gasteiger partial charge in [0.25, 0.3) is 0 Å². The number of hydrogen-bond acceptors (Lipinski definition) is 1. The van der Waals surface area contributed by atoms with Crippen molar-refractivity contribution in [2.45, 2.75) is 13.8 Å². The molecule has 0 spiro atoms. The van der Waals surface area contributed by atoms with Gasteiger partial charge in [-0.25, -0.2) is 4.39 Å². The highest BCUT2D eigenvalue weighted by molar-refractivity contribution is 9.10. The Morgan fingerprint density at radius 3 is 2.56 bits per heavy atom. The third kappa shape index (κ3) is 2.36. The highest BCUT2D eigenvalue weighted by Crippen LogP contribution is 2.21. The van der Waals surface area contributed by atoms with Crippen molar-refractivity contribution < 1.29 is 9.18 Å². The first-order chi connectivity index (χ1) is 8.50. The Kier molecular flexibility index (Phi) is 3.62. The molecule has 0 bridgehead atoms. The van der Waals surface area contributed by atoms with Crippen LogP contribution in [0, 0.1) is 19.7 Å². The van der Waals surface area contributed by atoms with Gasteiger partial charge in [-0.05, 0) is 43.2 Å². The fourth-order valence-electron chi connectivity index (χ4n) is 1.81. The lowest BCUT2D eigenvalue weighted by Gasteiger charge is -2.08. The Hall–Kier alpha value is -1.48.